The van der Waals surface area contributed by atoms with Crippen LogP contribution < -0.4 is 11.1 Å². The van der Waals surface area contributed by atoms with E-state index >= 15 is 0 Å². The number of rotatable bonds is 2. The normalized spacial score (nSPS) is 11.3. The van der Waals surface area contributed by atoms with Crippen LogP contribution in [0.5, 0.6) is 0 Å². The van der Waals surface area contributed by atoms with Gasteiger partial charge in [0, 0.05) is 36.1 Å². The molecule has 11 heteroatoms. The summed E-state index contributed by atoms with van der Waals surface area (Å²) in [5.41, 5.74) is 9.07. The number of nitrogens with zero attached hydrogens (tertiary/aromatic N) is 3. The number of aliphatic carboxylic acids is 1. The van der Waals surface area contributed by atoms with Crippen LogP contribution in [0, 0.1) is 0 Å². The Hall–Kier alpha value is -3.34. The molecule has 152 valence electrons. The van der Waals surface area contributed by atoms with Gasteiger partial charge < -0.3 is 20.7 Å². The highest BCUT2D eigenvalue weighted by atomic mass is 32.1. The molecule has 0 aliphatic heterocycles. The molecule has 0 aliphatic rings. The topological polar surface area (TPSA) is 106 Å². The van der Waals surface area contributed by atoms with Crippen molar-refractivity contribution in [3.63, 3.8) is 0 Å². The van der Waals surface area contributed by atoms with Crippen LogP contribution in [0.1, 0.15) is 0 Å². The number of nitrogens with one attached hydrogen (secondary N) is 1. The van der Waals surface area contributed by atoms with Crippen LogP contribution in [-0.4, -0.2) is 38.8 Å². The van der Waals surface area contributed by atoms with Gasteiger partial charge in [0.2, 0.25) is 5.95 Å². The van der Waals surface area contributed by atoms with E-state index in [9.17, 15) is 13.2 Å². The maximum absolute atomic E-state index is 10.6. The molecule has 0 radical (unpaired) electrons. The van der Waals surface area contributed by atoms with Gasteiger partial charge in [0.15, 0.2) is 0 Å². The van der Waals surface area contributed by atoms with Crippen LogP contribution in [0.2, 0.25) is 0 Å². The van der Waals surface area contributed by atoms with E-state index in [4.69, 9.17) is 15.6 Å². The minimum Gasteiger partial charge on any atom is -0.475 e. The zero-order valence-corrected chi connectivity index (χ0v) is 16.1. The van der Waals surface area contributed by atoms with Crippen LogP contribution in [-0.2, 0) is 11.8 Å². The van der Waals surface area contributed by atoms with Crippen molar-refractivity contribution in [3.05, 3.63) is 35.8 Å². The van der Waals surface area contributed by atoms with Crippen LogP contribution in [0.3, 0.4) is 0 Å². The van der Waals surface area contributed by atoms with E-state index in [1.807, 2.05) is 7.05 Å². The van der Waals surface area contributed by atoms with Crippen molar-refractivity contribution < 1.29 is 23.1 Å². The Labute approximate surface area is 166 Å². The second-order valence-corrected chi connectivity index (χ2v) is 6.92. The number of carboxylic acids is 1. The van der Waals surface area contributed by atoms with Crippen molar-refractivity contribution in [1.29, 1.82) is 0 Å². The number of fused-ring (bicyclic) bond motifs is 3. The molecule has 4 rings (SSSR count). The summed E-state index contributed by atoms with van der Waals surface area (Å²) in [6.07, 6.45) is -3.02. The molecule has 0 spiro atoms. The van der Waals surface area contributed by atoms with Crippen molar-refractivity contribution in [2.24, 2.45) is 7.05 Å². The molecular weight excluding hydrogens is 407 g/mol. The number of halogens is 3. The van der Waals surface area contributed by atoms with Gasteiger partial charge >= 0.3 is 12.1 Å². The number of thiophene rings is 1. The molecule has 3 heterocycles. The van der Waals surface area contributed by atoms with E-state index in [0.717, 1.165) is 22.1 Å². The molecular formula is C18H16F3N5O2S. The van der Waals surface area contributed by atoms with E-state index < -0.39 is 12.1 Å². The number of carboxylic acid groups (broad SMARTS) is 1. The average molecular weight is 423 g/mol. The Bertz CT molecular complexity index is 1190. The number of aromatic nitrogens is 3. The summed E-state index contributed by atoms with van der Waals surface area (Å²) in [4.78, 5) is 18.9. The number of alkyl halides is 3. The minimum atomic E-state index is -5.08. The predicted octanol–water partition coefficient (Wildman–Crippen LogP) is 4.11. The Kier molecular flexibility index (Phi) is 5.33. The Balaban J connectivity index is 0.000000298. The number of anilines is 2. The smallest absolute Gasteiger partial charge is 0.475 e. The van der Waals surface area contributed by atoms with Gasteiger partial charge in [-0.3, -0.25) is 0 Å². The quantitative estimate of drug-likeness (QED) is 0.448. The standard InChI is InChI=1S/C16H15N5S.C2HF3O2/c1-18-15-13-9-5-6-21(2)14(9)10(12-4-3-7-22-12)8-11(13)19-16(17)20-15;3-2(4,5)1(6)7/h3-8H,1-2H3,(H3,17,18,19,20);(H,6,7). The number of benzene rings is 1. The maximum atomic E-state index is 10.6. The third-order valence-electron chi connectivity index (χ3n) is 4.10. The Morgan fingerprint density at radius 1 is 1.31 bits per heavy atom. The Morgan fingerprint density at radius 3 is 2.55 bits per heavy atom. The van der Waals surface area contributed by atoms with E-state index in [1.54, 1.807) is 11.3 Å². The molecule has 0 aliphatic carbocycles. The van der Waals surface area contributed by atoms with E-state index in [-0.39, 0.29) is 5.95 Å². The van der Waals surface area contributed by atoms with Crippen molar-refractivity contribution in [1.82, 2.24) is 14.5 Å². The summed E-state index contributed by atoms with van der Waals surface area (Å²) < 4.78 is 33.9. The number of nitrogens with two attached hydrogens (primary N) is 1. The lowest BCUT2D eigenvalue weighted by Crippen LogP contribution is -2.21. The maximum Gasteiger partial charge on any atom is 0.490 e. The third-order valence-corrected chi connectivity index (χ3v) is 5.00. The van der Waals surface area contributed by atoms with Crippen molar-refractivity contribution in [2.75, 3.05) is 18.1 Å². The lowest BCUT2D eigenvalue weighted by atomic mass is 10.0. The lowest BCUT2D eigenvalue weighted by molar-refractivity contribution is -0.192. The average Bonchev–Trinajstić information content (AvgIpc) is 3.30. The molecule has 0 saturated heterocycles. The molecule has 4 N–H and O–H groups in total. The van der Waals surface area contributed by atoms with Crippen molar-refractivity contribution in [2.45, 2.75) is 6.18 Å². The summed E-state index contributed by atoms with van der Waals surface area (Å²) in [6, 6.07) is 8.39. The zero-order valence-electron chi connectivity index (χ0n) is 15.3. The highest BCUT2D eigenvalue weighted by Crippen LogP contribution is 2.38. The van der Waals surface area contributed by atoms with Gasteiger partial charge in [-0.2, -0.15) is 18.2 Å². The summed E-state index contributed by atoms with van der Waals surface area (Å²) in [5.74, 6) is -1.71. The predicted molar refractivity (Wildman–Crippen MR) is 107 cm³/mol. The number of hydrogen-bond acceptors (Lipinski definition) is 6. The second-order valence-electron chi connectivity index (χ2n) is 5.97. The summed E-state index contributed by atoms with van der Waals surface area (Å²) in [5, 5.41) is 14.5. The van der Waals surface area contributed by atoms with Crippen LogP contribution in [0.25, 0.3) is 32.2 Å². The summed E-state index contributed by atoms with van der Waals surface area (Å²) in [6.45, 7) is 0. The molecule has 1 aromatic carbocycles. The van der Waals surface area contributed by atoms with Crippen LogP contribution in [0.15, 0.2) is 35.8 Å². The van der Waals surface area contributed by atoms with Crippen LogP contribution in [0.4, 0.5) is 24.9 Å². The fourth-order valence-corrected chi connectivity index (χ4v) is 3.68. The molecule has 0 saturated carbocycles. The lowest BCUT2D eigenvalue weighted by Gasteiger charge is -2.11. The number of aryl methyl sites for hydroxylation is 1. The molecule has 0 bridgehead atoms. The fourth-order valence-electron chi connectivity index (χ4n) is 2.94. The first-order valence-corrected chi connectivity index (χ1v) is 9.08. The molecule has 0 amide bonds. The largest absolute Gasteiger partial charge is 0.490 e. The second kappa shape index (κ2) is 7.59. The molecule has 4 aromatic rings. The molecule has 0 unspecified atom stereocenters. The monoisotopic (exact) mass is 423 g/mol. The van der Waals surface area contributed by atoms with Gasteiger partial charge in [0.25, 0.3) is 0 Å². The first-order valence-electron chi connectivity index (χ1n) is 8.20. The molecule has 7 nitrogen and oxygen atoms in total. The van der Waals surface area contributed by atoms with Gasteiger partial charge in [0.1, 0.15) is 5.82 Å². The zero-order chi connectivity index (χ0) is 21.3. The van der Waals surface area contributed by atoms with Crippen molar-refractivity contribution >= 4 is 50.9 Å². The number of nitrogen functional groups attached to an aromatic ring is 1. The van der Waals surface area contributed by atoms with Crippen molar-refractivity contribution in [3.8, 4) is 10.4 Å². The molecule has 0 atom stereocenters. The highest BCUT2D eigenvalue weighted by molar-refractivity contribution is 7.13. The van der Waals surface area contributed by atoms with Gasteiger partial charge in [0.05, 0.1) is 16.4 Å². The SMILES string of the molecule is CNc1nc(N)nc2cc(-c3cccs3)c3c(ccn3C)c12.O=C(O)C(F)(F)F. The van der Waals surface area contributed by atoms with E-state index in [2.05, 4.69) is 62.7 Å². The molecule has 0 fully saturated rings. The fraction of sp³-hybridized carbons (Fsp3) is 0.167. The third kappa shape index (κ3) is 3.94. The summed E-state index contributed by atoms with van der Waals surface area (Å²) >= 11 is 1.72. The molecule has 3 aromatic heterocycles. The minimum absolute atomic E-state index is 0.282. The van der Waals surface area contributed by atoms with Gasteiger partial charge in [-0.05, 0) is 23.6 Å². The molecule has 29 heavy (non-hydrogen) atoms. The Morgan fingerprint density at radius 2 is 2.00 bits per heavy atom. The van der Waals surface area contributed by atoms with Gasteiger partial charge in [-0.25, -0.2) is 9.78 Å². The number of hydrogen-bond donors (Lipinski definition) is 3. The number of carbonyl (C=O) groups is 1. The van der Waals surface area contributed by atoms with E-state index in [1.165, 1.54) is 16.0 Å². The van der Waals surface area contributed by atoms with E-state index in [0.29, 0.717) is 0 Å². The van der Waals surface area contributed by atoms with Gasteiger partial charge in [-0.15, -0.1) is 11.3 Å². The summed E-state index contributed by atoms with van der Waals surface area (Å²) in [7, 11) is 3.91. The first-order chi connectivity index (χ1) is 13.6. The first kappa shape index (κ1) is 20.4. The van der Waals surface area contributed by atoms with Gasteiger partial charge in [-0.1, -0.05) is 6.07 Å². The highest BCUT2D eigenvalue weighted by Gasteiger charge is 2.38. The van der Waals surface area contributed by atoms with Crippen LogP contribution >= 0.6 is 11.3 Å².